The van der Waals surface area contributed by atoms with Crippen molar-refractivity contribution in [2.24, 2.45) is 11.8 Å². The Morgan fingerprint density at radius 2 is 1.71 bits per heavy atom. The average molecular weight is 200 g/mol. The predicted molar refractivity (Wildman–Crippen MR) is 58.0 cm³/mol. The van der Waals surface area contributed by atoms with Gasteiger partial charge in [0.2, 0.25) is 0 Å². The van der Waals surface area contributed by atoms with Gasteiger partial charge in [-0.25, -0.2) is 0 Å². The molecule has 1 aliphatic carbocycles. The van der Waals surface area contributed by atoms with Crippen LogP contribution in [0.25, 0.3) is 0 Å². The normalized spacial score (nSPS) is 25.7. The lowest BCUT2D eigenvalue weighted by atomic mass is 9.79. The molecule has 0 aromatic carbocycles. The summed E-state index contributed by atoms with van der Waals surface area (Å²) in [6.07, 6.45) is 6.19. The largest absolute Gasteiger partial charge is 0.393 e. The third-order valence-corrected chi connectivity index (χ3v) is 3.70. The molecule has 2 heteroatoms. The van der Waals surface area contributed by atoms with Crippen LogP contribution < -0.4 is 0 Å². The molecule has 0 aromatic heterocycles. The van der Waals surface area contributed by atoms with Crippen molar-refractivity contribution in [1.82, 2.24) is 0 Å². The highest BCUT2D eigenvalue weighted by molar-refractivity contribution is 4.80. The quantitative estimate of drug-likeness (QED) is 0.731. The van der Waals surface area contributed by atoms with E-state index in [4.69, 9.17) is 0 Å². The summed E-state index contributed by atoms with van der Waals surface area (Å²) in [4.78, 5) is 0. The Balaban J connectivity index is 2.41. The standard InChI is InChI=1S/C12H24O2/c1-3-11(13)9(2)12(14)10-7-5-4-6-8-10/h9-14H,3-8H2,1-2H3/t9-,11-,12+/m1/s1. The van der Waals surface area contributed by atoms with Gasteiger partial charge in [-0.1, -0.05) is 33.1 Å². The van der Waals surface area contributed by atoms with Crippen LogP contribution >= 0.6 is 0 Å². The summed E-state index contributed by atoms with van der Waals surface area (Å²) in [5, 5.41) is 19.8. The van der Waals surface area contributed by atoms with Crippen LogP contribution in [0.5, 0.6) is 0 Å². The van der Waals surface area contributed by atoms with Gasteiger partial charge in [-0.15, -0.1) is 0 Å². The van der Waals surface area contributed by atoms with E-state index in [1.165, 1.54) is 19.3 Å². The number of aliphatic hydroxyl groups is 2. The van der Waals surface area contributed by atoms with Crippen LogP contribution in [0.4, 0.5) is 0 Å². The number of hydrogen-bond acceptors (Lipinski definition) is 2. The Labute approximate surface area is 87.3 Å². The monoisotopic (exact) mass is 200 g/mol. The van der Waals surface area contributed by atoms with Crippen molar-refractivity contribution in [1.29, 1.82) is 0 Å². The summed E-state index contributed by atoms with van der Waals surface area (Å²) in [5.41, 5.74) is 0. The molecular weight excluding hydrogens is 176 g/mol. The fourth-order valence-corrected chi connectivity index (χ4v) is 2.50. The Kier molecular flexibility index (Phi) is 4.90. The van der Waals surface area contributed by atoms with Gasteiger partial charge in [0.1, 0.15) is 0 Å². The fourth-order valence-electron chi connectivity index (χ4n) is 2.50. The molecule has 84 valence electrons. The maximum atomic E-state index is 10.1. The zero-order valence-corrected chi connectivity index (χ0v) is 9.45. The molecule has 0 amide bonds. The number of rotatable bonds is 4. The van der Waals surface area contributed by atoms with Gasteiger partial charge in [-0.05, 0) is 25.2 Å². The van der Waals surface area contributed by atoms with Gasteiger partial charge >= 0.3 is 0 Å². The molecule has 2 N–H and O–H groups in total. The zero-order chi connectivity index (χ0) is 10.6. The lowest BCUT2D eigenvalue weighted by Gasteiger charge is -2.32. The van der Waals surface area contributed by atoms with Crippen LogP contribution in [0, 0.1) is 11.8 Å². The molecule has 3 atom stereocenters. The highest BCUT2D eigenvalue weighted by Crippen LogP contribution is 2.30. The van der Waals surface area contributed by atoms with E-state index in [0.717, 1.165) is 19.3 Å². The minimum atomic E-state index is -0.341. The van der Waals surface area contributed by atoms with E-state index in [1.54, 1.807) is 0 Å². The lowest BCUT2D eigenvalue weighted by molar-refractivity contribution is -0.0205. The average Bonchev–Trinajstić information content (AvgIpc) is 2.27. The van der Waals surface area contributed by atoms with Crippen LogP contribution in [0.15, 0.2) is 0 Å². The number of aliphatic hydroxyl groups excluding tert-OH is 2. The van der Waals surface area contributed by atoms with E-state index in [1.807, 2.05) is 13.8 Å². The van der Waals surface area contributed by atoms with Crippen molar-refractivity contribution in [3.05, 3.63) is 0 Å². The van der Waals surface area contributed by atoms with Crippen molar-refractivity contribution < 1.29 is 10.2 Å². The van der Waals surface area contributed by atoms with Crippen molar-refractivity contribution in [2.75, 3.05) is 0 Å². The first-order valence-electron chi connectivity index (χ1n) is 6.03. The van der Waals surface area contributed by atoms with Crippen LogP contribution in [0.2, 0.25) is 0 Å². The molecule has 0 aliphatic heterocycles. The molecule has 0 saturated heterocycles. The van der Waals surface area contributed by atoms with Crippen LogP contribution in [0.1, 0.15) is 52.4 Å². The van der Waals surface area contributed by atoms with Gasteiger partial charge in [-0.2, -0.15) is 0 Å². The summed E-state index contributed by atoms with van der Waals surface area (Å²) in [5.74, 6) is 0.461. The van der Waals surface area contributed by atoms with Crippen molar-refractivity contribution in [2.45, 2.75) is 64.6 Å². The van der Waals surface area contributed by atoms with Crippen LogP contribution in [0.3, 0.4) is 0 Å². The molecule has 0 unspecified atom stereocenters. The highest BCUT2D eigenvalue weighted by Gasteiger charge is 2.29. The molecule has 1 rings (SSSR count). The van der Waals surface area contributed by atoms with Crippen molar-refractivity contribution >= 4 is 0 Å². The third-order valence-electron chi connectivity index (χ3n) is 3.70. The van der Waals surface area contributed by atoms with Crippen LogP contribution in [-0.4, -0.2) is 22.4 Å². The minimum absolute atomic E-state index is 0.0306. The first-order valence-corrected chi connectivity index (χ1v) is 6.03. The number of hydrogen-bond donors (Lipinski definition) is 2. The zero-order valence-electron chi connectivity index (χ0n) is 9.45. The van der Waals surface area contributed by atoms with Gasteiger partial charge in [-0.3, -0.25) is 0 Å². The van der Waals surface area contributed by atoms with Crippen molar-refractivity contribution in [3.63, 3.8) is 0 Å². The van der Waals surface area contributed by atoms with Gasteiger partial charge in [0.15, 0.2) is 0 Å². The summed E-state index contributed by atoms with van der Waals surface area (Å²) in [6.45, 7) is 3.93. The molecule has 14 heavy (non-hydrogen) atoms. The van der Waals surface area contributed by atoms with Gasteiger partial charge in [0.05, 0.1) is 12.2 Å². The molecule has 0 bridgehead atoms. The third kappa shape index (κ3) is 2.96. The molecule has 1 aliphatic rings. The minimum Gasteiger partial charge on any atom is -0.393 e. The maximum Gasteiger partial charge on any atom is 0.0618 e. The molecule has 1 fully saturated rings. The van der Waals surface area contributed by atoms with E-state index < -0.39 is 0 Å². The molecule has 0 heterocycles. The Morgan fingerprint density at radius 1 is 1.14 bits per heavy atom. The second-order valence-electron chi connectivity index (χ2n) is 4.72. The lowest BCUT2D eigenvalue weighted by Crippen LogP contribution is -2.35. The van der Waals surface area contributed by atoms with Crippen LogP contribution in [-0.2, 0) is 0 Å². The summed E-state index contributed by atoms with van der Waals surface area (Å²) in [7, 11) is 0. The van der Waals surface area contributed by atoms with E-state index in [-0.39, 0.29) is 18.1 Å². The Morgan fingerprint density at radius 3 is 2.21 bits per heavy atom. The Bertz CT molecular complexity index is 150. The molecule has 0 aromatic rings. The Hall–Kier alpha value is -0.0800. The second kappa shape index (κ2) is 5.72. The molecule has 0 spiro atoms. The van der Waals surface area contributed by atoms with E-state index >= 15 is 0 Å². The predicted octanol–water partition coefficient (Wildman–Crippen LogP) is 2.33. The maximum absolute atomic E-state index is 10.1. The smallest absolute Gasteiger partial charge is 0.0618 e. The second-order valence-corrected chi connectivity index (χ2v) is 4.72. The van der Waals surface area contributed by atoms with E-state index in [2.05, 4.69) is 0 Å². The summed E-state index contributed by atoms with van der Waals surface area (Å²) in [6, 6.07) is 0. The van der Waals surface area contributed by atoms with E-state index in [0.29, 0.717) is 5.92 Å². The summed E-state index contributed by atoms with van der Waals surface area (Å²) < 4.78 is 0. The molecular formula is C12H24O2. The first kappa shape index (κ1) is 12.0. The highest BCUT2D eigenvalue weighted by atomic mass is 16.3. The topological polar surface area (TPSA) is 40.5 Å². The summed E-state index contributed by atoms with van der Waals surface area (Å²) >= 11 is 0. The van der Waals surface area contributed by atoms with Crippen molar-refractivity contribution in [3.8, 4) is 0 Å². The van der Waals surface area contributed by atoms with Gasteiger partial charge in [0.25, 0.3) is 0 Å². The molecule has 0 radical (unpaired) electrons. The fraction of sp³-hybridized carbons (Fsp3) is 1.00. The van der Waals surface area contributed by atoms with Gasteiger partial charge in [0, 0.05) is 5.92 Å². The van der Waals surface area contributed by atoms with Gasteiger partial charge < -0.3 is 10.2 Å². The SMILES string of the molecule is CC[C@@H](O)[C@@H](C)[C@H](O)C1CCCCC1. The molecule has 2 nitrogen and oxygen atoms in total. The van der Waals surface area contributed by atoms with E-state index in [9.17, 15) is 10.2 Å². The molecule has 1 saturated carbocycles. The first-order chi connectivity index (χ1) is 6.66.